The highest BCUT2D eigenvalue weighted by molar-refractivity contribution is 6.09. The topological polar surface area (TPSA) is 82.2 Å². The van der Waals surface area contributed by atoms with E-state index in [1.165, 1.54) is 11.1 Å². The van der Waals surface area contributed by atoms with E-state index in [1.807, 2.05) is 0 Å². The zero-order chi connectivity index (χ0) is 24.1. The minimum atomic E-state index is -0.863. The third kappa shape index (κ3) is 4.40. The monoisotopic (exact) mass is 468 g/mol. The smallest absolute Gasteiger partial charge is 0.325 e. The number of ether oxygens (including phenoxy) is 1. The van der Waals surface area contributed by atoms with Crippen LogP contribution in [0.5, 0.6) is 5.75 Å². The van der Waals surface area contributed by atoms with E-state index in [0.717, 1.165) is 49.7 Å². The molecule has 3 aliphatic heterocycles. The molecule has 4 aliphatic rings. The molecule has 8 heteroatoms. The quantitative estimate of drug-likeness (QED) is 0.687. The van der Waals surface area contributed by atoms with Crippen LogP contribution < -0.4 is 10.1 Å². The molecule has 0 aromatic heterocycles. The Bertz CT molecular complexity index is 1000. The molecular formula is C26H36N4O4. The van der Waals surface area contributed by atoms with Gasteiger partial charge in [-0.25, -0.2) is 4.79 Å². The van der Waals surface area contributed by atoms with Gasteiger partial charge in [-0.05, 0) is 47.8 Å². The summed E-state index contributed by atoms with van der Waals surface area (Å²) >= 11 is 0. The number of hydrogen-bond acceptors (Lipinski definition) is 5. The molecule has 184 valence electrons. The Morgan fingerprint density at radius 1 is 1.15 bits per heavy atom. The van der Waals surface area contributed by atoms with Crippen LogP contribution in [0, 0.1) is 11.3 Å². The maximum Gasteiger partial charge on any atom is 0.325 e. The van der Waals surface area contributed by atoms with Gasteiger partial charge in [-0.3, -0.25) is 19.4 Å². The van der Waals surface area contributed by atoms with Crippen molar-refractivity contribution in [2.24, 2.45) is 11.3 Å². The average molecular weight is 469 g/mol. The fourth-order valence-electron chi connectivity index (χ4n) is 6.64. The van der Waals surface area contributed by atoms with E-state index in [1.54, 1.807) is 4.90 Å². The highest BCUT2D eigenvalue weighted by Crippen LogP contribution is 2.46. The number of carbonyl (C=O) groups is 3. The summed E-state index contributed by atoms with van der Waals surface area (Å²) in [6, 6.07) is 5.96. The van der Waals surface area contributed by atoms with Gasteiger partial charge in [-0.15, -0.1) is 0 Å². The lowest BCUT2D eigenvalue weighted by Crippen LogP contribution is -2.55. The molecule has 1 spiro atoms. The van der Waals surface area contributed by atoms with Crippen LogP contribution in [0.3, 0.4) is 0 Å². The van der Waals surface area contributed by atoms with Crippen molar-refractivity contribution in [2.45, 2.75) is 58.5 Å². The third-order valence-electron chi connectivity index (χ3n) is 7.80. The van der Waals surface area contributed by atoms with E-state index in [9.17, 15) is 14.4 Å². The van der Waals surface area contributed by atoms with Crippen LogP contribution in [-0.2, 0) is 22.6 Å². The van der Waals surface area contributed by atoms with Crippen LogP contribution in [0.2, 0.25) is 0 Å². The van der Waals surface area contributed by atoms with Crippen LogP contribution in [0.25, 0.3) is 0 Å². The third-order valence-corrected chi connectivity index (χ3v) is 7.80. The lowest BCUT2D eigenvalue weighted by molar-refractivity contribution is -0.141. The highest BCUT2D eigenvalue weighted by atomic mass is 16.5. The summed E-state index contributed by atoms with van der Waals surface area (Å²) in [5.74, 6) is 0.949. The second kappa shape index (κ2) is 8.56. The largest absolute Gasteiger partial charge is 0.493 e. The molecule has 2 saturated heterocycles. The molecule has 1 N–H and O–H groups in total. The predicted octanol–water partition coefficient (Wildman–Crippen LogP) is 2.40. The minimum absolute atomic E-state index is 0.0250. The van der Waals surface area contributed by atoms with Gasteiger partial charge >= 0.3 is 6.03 Å². The molecule has 3 heterocycles. The van der Waals surface area contributed by atoms with Gasteiger partial charge in [0.2, 0.25) is 5.91 Å². The van der Waals surface area contributed by atoms with Crippen molar-refractivity contribution in [1.82, 2.24) is 20.0 Å². The molecule has 1 saturated carbocycles. The number of benzene rings is 1. The van der Waals surface area contributed by atoms with Gasteiger partial charge in [0.15, 0.2) is 0 Å². The van der Waals surface area contributed by atoms with Crippen LogP contribution in [0.4, 0.5) is 4.79 Å². The van der Waals surface area contributed by atoms with Crippen molar-refractivity contribution in [3.8, 4) is 5.75 Å². The van der Waals surface area contributed by atoms with Gasteiger partial charge in [-0.2, -0.15) is 0 Å². The van der Waals surface area contributed by atoms with Gasteiger partial charge < -0.3 is 15.0 Å². The summed E-state index contributed by atoms with van der Waals surface area (Å²) in [5, 5.41) is 2.97. The van der Waals surface area contributed by atoms with Gasteiger partial charge in [-0.1, -0.05) is 32.9 Å². The minimum Gasteiger partial charge on any atom is -0.493 e. The average Bonchev–Trinajstić information content (AvgIpc) is 3.31. The summed E-state index contributed by atoms with van der Waals surface area (Å²) in [4.78, 5) is 44.4. The Morgan fingerprint density at radius 3 is 2.65 bits per heavy atom. The zero-order valence-corrected chi connectivity index (χ0v) is 20.6. The molecule has 0 radical (unpaired) electrons. The molecule has 1 aromatic carbocycles. The first-order valence-electron chi connectivity index (χ1n) is 12.5. The van der Waals surface area contributed by atoms with Crippen LogP contribution in [0.1, 0.15) is 51.2 Å². The highest BCUT2D eigenvalue weighted by Gasteiger charge is 2.56. The Kier molecular flexibility index (Phi) is 5.82. The first kappa shape index (κ1) is 23.1. The lowest BCUT2D eigenvalue weighted by Gasteiger charge is -2.43. The van der Waals surface area contributed by atoms with E-state index in [2.05, 4.69) is 49.2 Å². The maximum atomic E-state index is 13.3. The molecule has 8 nitrogen and oxygen atoms in total. The van der Waals surface area contributed by atoms with Gasteiger partial charge in [0.25, 0.3) is 5.91 Å². The normalized spacial score (nSPS) is 28.7. The van der Waals surface area contributed by atoms with Crippen molar-refractivity contribution < 1.29 is 19.1 Å². The number of fused-ring (bicyclic) bond motifs is 1. The van der Waals surface area contributed by atoms with Gasteiger partial charge in [0.05, 0.1) is 6.61 Å². The number of rotatable bonds is 4. The summed E-state index contributed by atoms with van der Waals surface area (Å²) in [5.41, 5.74) is 1.65. The zero-order valence-electron chi connectivity index (χ0n) is 20.6. The molecule has 34 heavy (non-hydrogen) atoms. The number of carbonyl (C=O) groups excluding carboxylic acids is 3. The van der Waals surface area contributed by atoms with Crippen LogP contribution in [0.15, 0.2) is 18.2 Å². The van der Waals surface area contributed by atoms with Gasteiger partial charge in [0.1, 0.15) is 17.8 Å². The maximum absolute atomic E-state index is 13.3. The van der Waals surface area contributed by atoms with E-state index < -0.39 is 11.6 Å². The summed E-state index contributed by atoms with van der Waals surface area (Å²) in [7, 11) is 0. The SMILES string of the molecule is C[C@H]1CC(C)(C)C[C@]2(C1)NC(=O)N(CC(=O)N1CCN(Cc3ccc4c(c3)CCO4)CC1)C2=O. The number of imide groups is 1. The first-order chi connectivity index (χ1) is 16.1. The van der Waals surface area contributed by atoms with Crippen molar-refractivity contribution in [2.75, 3.05) is 39.3 Å². The Balaban J connectivity index is 1.16. The molecule has 1 aliphatic carbocycles. The number of piperazine rings is 1. The number of urea groups is 1. The van der Waals surface area contributed by atoms with E-state index in [4.69, 9.17) is 4.74 Å². The van der Waals surface area contributed by atoms with Crippen molar-refractivity contribution >= 4 is 17.8 Å². The second-order valence-corrected chi connectivity index (χ2v) is 11.5. The summed E-state index contributed by atoms with van der Waals surface area (Å²) in [6.45, 7) is 10.6. The number of nitrogens with zero attached hydrogens (tertiary/aromatic N) is 3. The predicted molar refractivity (Wildman–Crippen MR) is 127 cm³/mol. The fourth-order valence-corrected chi connectivity index (χ4v) is 6.64. The number of hydrogen-bond donors (Lipinski definition) is 1. The van der Waals surface area contributed by atoms with Gasteiger partial charge in [0, 0.05) is 39.1 Å². The fraction of sp³-hybridized carbons (Fsp3) is 0.654. The van der Waals surface area contributed by atoms with E-state index >= 15 is 0 Å². The molecule has 0 bridgehead atoms. The molecule has 5 rings (SSSR count). The van der Waals surface area contributed by atoms with Crippen LogP contribution in [-0.4, -0.2) is 77.4 Å². The Hall–Kier alpha value is -2.61. The molecule has 2 atom stereocenters. The second-order valence-electron chi connectivity index (χ2n) is 11.5. The molecule has 0 unspecified atom stereocenters. The molecular weight excluding hydrogens is 432 g/mol. The molecule has 4 amide bonds. The summed E-state index contributed by atoms with van der Waals surface area (Å²) < 4.78 is 5.59. The Morgan fingerprint density at radius 2 is 1.91 bits per heavy atom. The van der Waals surface area contributed by atoms with Crippen molar-refractivity contribution in [3.05, 3.63) is 29.3 Å². The lowest BCUT2D eigenvalue weighted by atomic mass is 9.64. The van der Waals surface area contributed by atoms with Crippen molar-refractivity contribution in [1.29, 1.82) is 0 Å². The standard InChI is InChI=1S/C26H36N4O4/c1-18-13-25(2,3)17-26(14-18)23(32)30(24(33)27-26)16-22(31)29-9-7-28(8-10-29)15-19-4-5-21-20(12-19)6-11-34-21/h4-5,12,18H,6-11,13-17H2,1-3H3,(H,27,33)/t18-,26-/m0/s1. The molecule has 1 aromatic rings. The first-order valence-corrected chi connectivity index (χ1v) is 12.5. The van der Waals surface area contributed by atoms with Crippen LogP contribution >= 0.6 is 0 Å². The number of amides is 4. The summed E-state index contributed by atoms with van der Waals surface area (Å²) in [6.07, 6.45) is 3.25. The van der Waals surface area contributed by atoms with E-state index in [0.29, 0.717) is 31.8 Å². The van der Waals surface area contributed by atoms with Crippen molar-refractivity contribution in [3.63, 3.8) is 0 Å². The molecule has 3 fully saturated rings. The number of nitrogens with one attached hydrogen (secondary N) is 1. The Labute approximate surface area is 201 Å². The van der Waals surface area contributed by atoms with E-state index in [-0.39, 0.29) is 23.8 Å².